The van der Waals surface area contributed by atoms with Gasteiger partial charge in [0, 0.05) is 33.6 Å². The number of hydrogen-bond donors (Lipinski definition) is 6. The first-order valence-corrected chi connectivity index (χ1v) is 11.9. The van der Waals surface area contributed by atoms with Crippen molar-refractivity contribution in [2.24, 2.45) is 0 Å². The third-order valence-corrected chi connectivity index (χ3v) is 7.29. The second-order valence-corrected chi connectivity index (χ2v) is 10.3. The van der Waals surface area contributed by atoms with Crippen molar-refractivity contribution in [3.63, 3.8) is 0 Å². The molecule has 2 rings (SSSR count). The summed E-state index contributed by atoms with van der Waals surface area (Å²) in [6.07, 6.45) is -62.1. The monoisotopic (exact) mass is 822 g/mol. The molecular weight excluding hydrogens is 812 g/mol. The van der Waals surface area contributed by atoms with Crippen molar-refractivity contribution in [1.82, 2.24) is 0 Å². The minimum absolute atomic E-state index is 1.70. The van der Waals surface area contributed by atoms with Crippen LogP contribution in [0.25, 0.3) is 10.8 Å². The lowest BCUT2D eigenvalue weighted by Gasteiger charge is -2.41. The zero-order valence-corrected chi connectivity index (χ0v) is 23.2. The molecule has 0 fully saturated rings. The molecule has 0 saturated heterocycles. The number of rotatable bonds is 4. The molecule has 0 atom stereocenters. The summed E-state index contributed by atoms with van der Waals surface area (Å²) in [6.45, 7) is 0. The van der Waals surface area contributed by atoms with Gasteiger partial charge >= 0.3 is 49.4 Å². The van der Waals surface area contributed by atoms with E-state index in [1.54, 1.807) is 0 Å². The van der Waals surface area contributed by atoms with Gasteiger partial charge in [-0.05, 0) is 22.9 Å². The van der Waals surface area contributed by atoms with Gasteiger partial charge in [0.1, 0.15) is 0 Å². The molecule has 30 heteroatoms. The molecule has 6 nitrogen and oxygen atoms in total. The van der Waals surface area contributed by atoms with E-state index in [1.807, 2.05) is 0 Å². The van der Waals surface area contributed by atoms with Crippen LogP contribution in [0.15, 0.2) is 12.1 Å². The van der Waals surface area contributed by atoms with Crippen LogP contribution >= 0.6 is 0 Å². The number of fused-ring (bicyclic) bond motifs is 1. The number of hydrogen-bond acceptors (Lipinski definition) is 6. The van der Waals surface area contributed by atoms with E-state index in [-0.39, 0.29) is 0 Å². The fraction of sp³-hybridized carbons (Fsp3) is 0.545. The van der Waals surface area contributed by atoms with Crippen LogP contribution in [0.1, 0.15) is 22.3 Å². The Bertz CT molecular complexity index is 1530. The molecule has 0 aliphatic carbocycles. The smallest absolute Gasteiger partial charge is 0.398 e. The van der Waals surface area contributed by atoms with Crippen molar-refractivity contribution >= 4 is 22.1 Å². The second kappa shape index (κ2) is 11.5. The highest BCUT2D eigenvalue weighted by molar-refractivity contribution is 6.00. The summed E-state index contributed by atoms with van der Waals surface area (Å²) in [5, 5.41) is 32.1. The molecule has 0 heterocycles. The normalized spacial score (nSPS) is 15.8. The fourth-order valence-corrected chi connectivity index (χ4v) is 4.78. The first-order chi connectivity index (χ1) is 22.3. The first kappa shape index (κ1) is 44.6. The second-order valence-electron chi connectivity index (χ2n) is 10.3. The molecule has 0 radical (unpaired) electrons. The molecule has 52 heavy (non-hydrogen) atoms. The topological polar surface area (TPSA) is 133 Å². The van der Waals surface area contributed by atoms with E-state index >= 15 is 0 Å². The maximum Gasteiger partial charge on any atom is 0.430 e. The van der Waals surface area contributed by atoms with Gasteiger partial charge in [-0.15, -0.1) is 0 Å². The Balaban J connectivity index is 4.03. The predicted molar refractivity (Wildman–Crippen MR) is 117 cm³/mol. The standard InChI is InChI=1S/C22H10F24N2O4/c23-15(24,25)11(49,16(26,27)28)4-1-3-2-5(12(50,17(29,30)31)18(32,33)34)10(48)8(14(52,21(41,42)43)22(44,45)46)6(3)7(9(4)47)13(51,19(35,36)37)20(38,39)40/h1-2,49-52H,47-48H2. The molecule has 0 amide bonds. The summed E-state index contributed by atoms with van der Waals surface area (Å²) in [6, 6.07) is -3.40. The number of alkyl halides is 24. The molecule has 300 valence electrons. The average molecular weight is 822 g/mol. The Kier molecular flexibility index (Phi) is 9.85. The van der Waals surface area contributed by atoms with Gasteiger partial charge in [-0.25, -0.2) is 0 Å². The Morgan fingerprint density at radius 1 is 0.327 bits per heavy atom. The molecule has 0 aliphatic rings. The van der Waals surface area contributed by atoms with E-state index in [9.17, 15) is 126 Å². The van der Waals surface area contributed by atoms with E-state index in [2.05, 4.69) is 11.5 Å². The predicted octanol–water partition coefficient (Wildman–Crippen LogP) is 7.25. The van der Waals surface area contributed by atoms with Gasteiger partial charge in [0.2, 0.25) is 0 Å². The van der Waals surface area contributed by atoms with E-state index in [0.29, 0.717) is 0 Å². The maximum absolute atomic E-state index is 14.1. The van der Waals surface area contributed by atoms with Gasteiger partial charge in [-0.2, -0.15) is 105 Å². The molecule has 0 unspecified atom stereocenters. The average Bonchev–Trinajstić information content (AvgIpc) is 2.85. The fourth-order valence-electron chi connectivity index (χ4n) is 4.78. The van der Waals surface area contributed by atoms with Crippen molar-refractivity contribution in [2.75, 3.05) is 11.5 Å². The van der Waals surface area contributed by atoms with Crippen LogP contribution in [-0.4, -0.2) is 69.8 Å². The lowest BCUT2D eigenvalue weighted by molar-refractivity contribution is -0.377. The van der Waals surface area contributed by atoms with Crippen LogP contribution in [0, 0.1) is 0 Å². The Hall–Kier alpha value is -3.54. The zero-order chi connectivity index (χ0) is 42.0. The molecule has 0 saturated carbocycles. The minimum atomic E-state index is -7.91. The quantitative estimate of drug-likeness (QED) is 0.142. The number of halogens is 24. The van der Waals surface area contributed by atoms with E-state index in [1.165, 1.54) is 0 Å². The number of nitrogen functional groups attached to an aromatic ring is 2. The number of nitrogens with two attached hydrogens (primary N) is 2. The van der Waals surface area contributed by atoms with Gasteiger partial charge in [-0.3, -0.25) is 0 Å². The molecule has 0 aromatic heterocycles. The highest BCUT2D eigenvalue weighted by Crippen LogP contribution is 2.63. The van der Waals surface area contributed by atoms with Crippen LogP contribution in [-0.2, 0) is 22.4 Å². The molecule has 2 aromatic carbocycles. The largest absolute Gasteiger partial charge is 0.430 e. The van der Waals surface area contributed by atoms with Crippen LogP contribution in [0.3, 0.4) is 0 Å². The molecule has 2 aromatic rings. The summed E-state index contributed by atoms with van der Waals surface area (Å²) in [5.74, 6) is 0. The Morgan fingerprint density at radius 3 is 0.654 bits per heavy atom. The summed E-state index contributed by atoms with van der Waals surface area (Å²) < 4.78 is 334. The lowest BCUT2D eigenvalue weighted by Crippen LogP contribution is -2.58. The van der Waals surface area contributed by atoms with Crippen LogP contribution in [0.4, 0.5) is 117 Å². The highest BCUT2D eigenvalue weighted by Gasteiger charge is 2.79. The summed E-state index contributed by atoms with van der Waals surface area (Å²) in [4.78, 5) is 0. The minimum Gasteiger partial charge on any atom is -0.398 e. The summed E-state index contributed by atoms with van der Waals surface area (Å²) in [5.41, 5.74) is -44.2. The van der Waals surface area contributed by atoms with Crippen LogP contribution in [0.2, 0.25) is 0 Å². The number of benzene rings is 2. The van der Waals surface area contributed by atoms with Gasteiger partial charge in [-0.1, -0.05) is 0 Å². The van der Waals surface area contributed by atoms with Gasteiger partial charge in [0.25, 0.3) is 22.4 Å². The van der Waals surface area contributed by atoms with Gasteiger partial charge in [0.05, 0.1) is 0 Å². The molecular formula is C22H10F24N2O4. The van der Waals surface area contributed by atoms with Crippen molar-refractivity contribution in [3.05, 3.63) is 34.4 Å². The van der Waals surface area contributed by atoms with Crippen molar-refractivity contribution < 1.29 is 126 Å². The van der Waals surface area contributed by atoms with E-state index in [0.717, 1.165) is 0 Å². The van der Waals surface area contributed by atoms with Crippen molar-refractivity contribution in [1.29, 1.82) is 0 Å². The maximum atomic E-state index is 14.1. The third kappa shape index (κ3) is 5.82. The Morgan fingerprint density at radius 2 is 0.500 bits per heavy atom. The van der Waals surface area contributed by atoms with E-state index < -0.39 is 128 Å². The van der Waals surface area contributed by atoms with Crippen molar-refractivity contribution in [3.8, 4) is 0 Å². The highest BCUT2D eigenvalue weighted by atomic mass is 19.4. The number of anilines is 2. The zero-order valence-electron chi connectivity index (χ0n) is 23.2. The lowest BCUT2D eigenvalue weighted by atomic mass is 9.74. The van der Waals surface area contributed by atoms with Gasteiger partial charge < -0.3 is 31.9 Å². The van der Waals surface area contributed by atoms with Crippen LogP contribution in [0.5, 0.6) is 0 Å². The van der Waals surface area contributed by atoms with Gasteiger partial charge in [0.15, 0.2) is 0 Å². The molecule has 0 aliphatic heterocycles. The Labute approximate surface area is 266 Å². The molecule has 8 N–H and O–H groups in total. The van der Waals surface area contributed by atoms with E-state index in [4.69, 9.17) is 0 Å². The number of aliphatic hydroxyl groups is 4. The molecule has 0 spiro atoms. The SMILES string of the molecule is Nc1c(C(O)(C(F)(F)F)C(F)(F)F)cc2cc(C(O)(C(F)(F)F)C(F)(F)F)c(N)c(C(O)(C(F)(F)F)C(F)(F)F)c2c1C(O)(C(F)(F)F)C(F)(F)F. The summed E-state index contributed by atoms with van der Waals surface area (Å²) in [7, 11) is 0. The molecule has 0 bridgehead atoms. The third-order valence-electron chi connectivity index (χ3n) is 7.29. The van der Waals surface area contributed by atoms with Crippen molar-refractivity contribution in [2.45, 2.75) is 71.8 Å². The summed E-state index contributed by atoms with van der Waals surface area (Å²) >= 11 is 0. The first-order valence-electron chi connectivity index (χ1n) is 11.9. The van der Waals surface area contributed by atoms with Crippen LogP contribution < -0.4 is 11.5 Å².